The van der Waals surface area contributed by atoms with Crippen LogP contribution in [-0.4, -0.2) is 34.0 Å². The van der Waals surface area contributed by atoms with Crippen LogP contribution in [0.2, 0.25) is 0 Å². The first-order chi connectivity index (χ1) is 9.29. The van der Waals surface area contributed by atoms with E-state index in [1.54, 1.807) is 23.1 Å². The lowest BCUT2D eigenvalue weighted by Crippen LogP contribution is -2.26. The van der Waals surface area contributed by atoms with Crippen LogP contribution in [0.25, 0.3) is 0 Å². The Morgan fingerprint density at radius 3 is 3.16 bits per heavy atom. The maximum absolute atomic E-state index is 11.8. The highest BCUT2D eigenvalue weighted by Gasteiger charge is 2.07. The van der Waals surface area contributed by atoms with Gasteiger partial charge in [0.15, 0.2) is 0 Å². The molecule has 2 rings (SSSR count). The van der Waals surface area contributed by atoms with E-state index in [2.05, 4.69) is 27.5 Å². The minimum atomic E-state index is -0.106. The highest BCUT2D eigenvalue weighted by molar-refractivity contribution is 7.14. The van der Waals surface area contributed by atoms with Crippen molar-refractivity contribution in [1.29, 1.82) is 0 Å². The number of thiophene rings is 1. The zero-order valence-electron chi connectivity index (χ0n) is 10.2. The number of nitrogens with two attached hydrogens (primary N) is 1. The quantitative estimate of drug-likeness (QED) is 0.774. The Morgan fingerprint density at radius 2 is 2.42 bits per heavy atom. The Morgan fingerprint density at radius 1 is 1.53 bits per heavy atom. The third-order valence-electron chi connectivity index (χ3n) is 2.24. The zero-order chi connectivity index (χ0) is 13.5. The van der Waals surface area contributed by atoms with Crippen molar-refractivity contribution < 1.29 is 4.79 Å². The molecule has 0 saturated carbocycles. The molecule has 3 N–H and O–H groups in total. The Hall–Kier alpha value is -2.17. The van der Waals surface area contributed by atoms with Gasteiger partial charge in [-0.1, -0.05) is 17.1 Å². The Balaban J connectivity index is 1.84. The summed E-state index contributed by atoms with van der Waals surface area (Å²) in [5, 5.41) is 10.3. The van der Waals surface area contributed by atoms with Crippen LogP contribution < -0.4 is 11.1 Å². The van der Waals surface area contributed by atoms with Crippen LogP contribution in [0.3, 0.4) is 0 Å². The van der Waals surface area contributed by atoms with Gasteiger partial charge in [-0.2, -0.15) is 0 Å². The Kier molecular flexibility index (Phi) is 4.66. The predicted octanol–water partition coefficient (Wildman–Crippen LogP) is 0.0798. The standard InChI is InChI=1S/C12H13N5OS/c13-5-1-2-10-3-4-11(19-10)12(18)14-6-8-17-9-7-15-16-17/h3-4,7,9H,5-6,8,13H2,(H,14,18). The van der Waals surface area contributed by atoms with Crippen molar-refractivity contribution in [1.82, 2.24) is 20.3 Å². The predicted molar refractivity (Wildman–Crippen MR) is 72.6 cm³/mol. The van der Waals surface area contributed by atoms with E-state index in [0.29, 0.717) is 24.5 Å². The molecule has 98 valence electrons. The smallest absolute Gasteiger partial charge is 0.261 e. The third kappa shape index (κ3) is 3.91. The monoisotopic (exact) mass is 275 g/mol. The van der Waals surface area contributed by atoms with Gasteiger partial charge in [-0.25, -0.2) is 0 Å². The second-order valence-corrected chi connectivity index (χ2v) is 4.68. The molecule has 0 bridgehead atoms. The lowest BCUT2D eigenvalue weighted by molar-refractivity contribution is 0.0956. The van der Waals surface area contributed by atoms with Crippen molar-refractivity contribution in [3.05, 3.63) is 34.3 Å². The Bertz CT molecular complexity index is 593. The lowest BCUT2D eigenvalue weighted by Gasteiger charge is -2.02. The van der Waals surface area contributed by atoms with Crippen molar-refractivity contribution in [2.24, 2.45) is 5.73 Å². The van der Waals surface area contributed by atoms with E-state index < -0.39 is 0 Å². The van der Waals surface area contributed by atoms with Gasteiger partial charge < -0.3 is 11.1 Å². The van der Waals surface area contributed by atoms with Crippen LogP contribution in [-0.2, 0) is 6.54 Å². The lowest BCUT2D eigenvalue weighted by atomic mass is 10.4. The van der Waals surface area contributed by atoms with E-state index in [1.165, 1.54) is 11.3 Å². The molecule has 19 heavy (non-hydrogen) atoms. The van der Waals surface area contributed by atoms with Crippen LogP contribution in [0.15, 0.2) is 24.5 Å². The first-order valence-electron chi connectivity index (χ1n) is 5.70. The van der Waals surface area contributed by atoms with Gasteiger partial charge in [-0.15, -0.1) is 16.4 Å². The molecule has 6 nitrogen and oxygen atoms in total. The molecule has 0 aliphatic heterocycles. The average molecular weight is 275 g/mol. The van der Waals surface area contributed by atoms with Gasteiger partial charge in [0.25, 0.3) is 5.91 Å². The van der Waals surface area contributed by atoms with Gasteiger partial charge >= 0.3 is 0 Å². The highest BCUT2D eigenvalue weighted by Crippen LogP contribution is 2.14. The van der Waals surface area contributed by atoms with Gasteiger partial charge in [-0.05, 0) is 12.1 Å². The molecule has 0 aliphatic carbocycles. The number of carbonyl (C=O) groups is 1. The first-order valence-corrected chi connectivity index (χ1v) is 6.52. The molecule has 7 heteroatoms. The van der Waals surface area contributed by atoms with E-state index in [4.69, 9.17) is 5.73 Å². The summed E-state index contributed by atoms with van der Waals surface area (Å²) >= 11 is 1.35. The molecule has 1 amide bonds. The maximum atomic E-state index is 11.8. The molecule has 2 heterocycles. The molecule has 2 aromatic heterocycles. The van der Waals surface area contributed by atoms with Crippen molar-refractivity contribution in [2.45, 2.75) is 6.54 Å². The summed E-state index contributed by atoms with van der Waals surface area (Å²) in [6, 6.07) is 3.58. The second-order valence-electron chi connectivity index (χ2n) is 3.59. The van der Waals surface area contributed by atoms with E-state index in [9.17, 15) is 4.79 Å². The van der Waals surface area contributed by atoms with Crippen molar-refractivity contribution in [2.75, 3.05) is 13.1 Å². The van der Waals surface area contributed by atoms with Crippen LogP contribution in [0, 0.1) is 11.8 Å². The summed E-state index contributed by atoms with van der Waals surface area (Å²) in [7, 11) is 0. The van der Waals surface area contributed by atoms with Crippen LogP contribution >= 0.6 is 11.3 Å². The van der Waals surface area contributed by atoms with Gasteiger partial charge in [0.2, 0.25) is 0 Å². The normalized spacial score (nSPS) is 9.74. The van der Waals surface area contributed by atoms with Crippen molar-refractivity contribution in [3.63, 3.8) is 0 Å². The van der Waals surface area contributed by atoms with Gasteiger partial charge in [-0.3, -0.25) is 9.48 Å². The summed E-state index contributed by atoms with van der Waals surface area (Å²) in [6.07, 6.45) is 3.35. The van der Waals surface area contributed by atoms with E-state index >= 15 is 0 Å². The van der Waals surface area contributed by atoms with Crippen molar-refractivity contribution >= 4 is 17.2 Å². The molecule has 0 radical (unpaired) electrons. The molecule has 0 aliphatic rings. The molecule has 0 unspecified atom stereocenters. The SMILES string of the molecule is NCC#Cc1ccc(C(=O)NCCn2ccnn2)s1. The minimum Gasteiger partial charge on any atom is -0.349 e. The van der Waals surface area contributed by atoms with Crippen LogP contribution in [0.1, 0.15) is 14.5 Å². The molecule has 2 aromatic rings. The van der Waals surface area contributed by atoms with E-state index in [1.807, 2.05) is 6.07 Å². The highest BCUT2D eigenvalue weighted by atomic mass is 32.1. The van der Waals surface area contributed by atoms with Crippen LogP contribution in [0.4, 0.5) is 0 Å². The molecule has 0 spiro atoms. The fourth-order valence-corrected chi connectivity index (χ4v) is 2.19. The number of amides is 1. The fourth-order valence-electron chi connectivity index (χ4n) is 1.39. The number of aromatic nitrogens is 3. The van der Waals surface area contributed by atoms with Gasteiger partial charge in [0.1, 0.15) is 0 Å². The number of hydrogen-bond acceptors (Lipinski definition) is 5. The molecule has 0 aromatic carbocycles. The minimum absolute atomic E-state index is 0.106. The average Bonchev–Trinajstić information content (AvgIpc) is 3.07. The molecule has 0 fully saturated rings. The van der Waals surface area contributed by atoms with Crippen molar-refractivity contribution in [3.8, 4) is 11.8 Å². The number of nitrogens with zero attached hydrogens (tertiary/aromatic N) is 3. The topological polar surface area (TPSA) is 85.8 Å². The Labute approximate surface area is 114 Å². The number of carbonyl (C=O) groups excluding carboxylic acids is 1. The van der Waals surface area contributed by atoms with Gasteiger partial charge in [0, 0.05) is 12.7 Å². The van der Waals surface area contributed by atoms with E-state index in [-0.39, 0.29) is 5.91 Å². The fraction of sp³-hybridized carbons (Fsp3) is 0.250. The van der Waals surface area contributed by atoms with E-state index in [0.717, 1.165) is 4.88 Å². The van der Waals surface area contributed by atoms with Gasteiger partial charge in [0.05, 0.1) is 29.0 Å². The molecular weight excluding hydrogens is 262 g/mol. The summed E-state index contributed by atoms with van der Waals surface area (Å²) in [5.74, 6) is 5.55. The van der Waals surface area contributed by atoms with Crippen LogP contribution in [0.5, 0.6) is 0 Å². The first kappa shape index (κ1) is 13.3. The molecular formula is C12H13N5OS. The number of hydrogen-bond donors (Lipinski definition) is 2. The second kappa shape index (κ2) is 6.68. The third-order valence-corrected chi connectivity index (χ3v) is 3.24. The number of nitrogens with one attached hydrogen (secondary N) is 1. The largest absolute Gasteiger partial charge is 0.349 e. The summed E-state index contributed by atoms with van der Waals surface area (Å²) in [4.78, 5) is 13.3. The number of rotatable bonds is 4. The summed E-state index contributed by atoms with van der Waals surface area (Å²) in [5.41, 5.74) is 5.29. The molecule has 0 atom stereocenters. The zero-order valence-corrected chi connectivity index (χ0v) is 11.0. The molecule has 0 saturated heterocycles. The summed E-state index contributed by atoms with van der Waals surface area (Å²) < 4.78 is 1.66. The summed E-state index contributed by atoms with van der Waals surface area (Å²) in [6.45, 7) is 1.41. The maximum Gasteiger partial charge on any atom is 0.261 e.